The largest absolute Gasteiger partial charge is 0.369 e. The summed E-state index contributed by atoms with van der Waals surface area (Å²) in [7, 11) is 0. The van der Waals surface area contributed by atoms with Crippen LogP contribution in [-0.4, -0.2) is 53.1 Å². The van der Waals surface area contributed by atoms with Gasteiger partial charge in [0, 0.05) is 49.8 Å². The van der Waals surface area contributed by atoms with Gasteiger partial charge in [-0.2, -0.15) is 5.26 Å². The Balaban J connectivity index is 1.22. The molecule has 1 aliphatic heterocycles. The van der Waals surface area contributed by atoms with Crippen molar-refractivity contribution in [1.82, 2.24) is 20.2 Å². The van der Waals surface area contributed by atoms with Crippen LogP contribution in [0.4, 0.5) is 16.2 Å². The van der Waals surface area contributed by atoms with Crippen molar-refractivity contribution >= 4 is 17.4 Å². The van der Waals surface area contributed by atoms with Crippen molar-refractivity contribution in [2.24, 2.45) is 0 Å². The Morgan fingerprint density at radius 2 is 1.76 bits per heavy atom. The summed E-state index contributed by atoms with van der Waals surface area (Å²) in [6, 6.07) is 12.5. The lowest BCUT2D eigenvalue weighted by Crippen LogP contribution is -2.49. The lowest BCUT2D eigenvalue weighted by atomic mass is 9.79. The summed E-state index contributed by atoms with van der Waals surface area (Å²) in [6.07, 6.45) is 9.07. The Bertz CT molecular complexity index is 1010. The zero-order chi connectivity index (χ0) is 22.7. The van der Waals surface area contributed by atoms with Gasteiger partial charge in [0.2, 0.25) is 5.82 Å². The van der Waals surface area contributed by atoms with E-state index < -0.39 is 5.54 Å². The quantitative estimate of drug-likeness (QED) is 0.730. The van der Waals surface area contributed by atoms with Gasteiger partial charge in [-0.3, -0.25) is 4.90 Å². The molecule has 33 heavy (non-hydrogen) atoms. The van der Waals surface area contributed by atoms with E-state index in [-0.39, 0.29) is 11.9 Å². The van der Waals surface area contributed by atoms with E-state index in [1.807, 2.05) is 24.3 Å². The van der Waals surface area contributed by atoms with Gasteiger partial charge in [-0.05, 0) is 56.0 Å². The second kappa shape index (κ2) is 9.36. The molecule has 3 fully saturated rings. The molecule has 0 unspecified atom stereocenters. The number of piperazine rings is 1. The molecule has 0 radical (unpaired) electrons. The second-order valence-electron chi connectivity index (χ2n) is 9.40. The van der Waals surface area contributed by atoms with Gasteiger partial charge in [0.05, 0.1) is 11.2 Å². The van der Waals surface area contributed by atoms with Crippen LogP contribution in [0.2, 0.25) is 0 Å². The molecule has 5 rings (SSSR count). The van der Waals surface area contributed by atoms with E-state index in [2.05, 4.69) is 42.5 Å². The highest BCUT2D eigenvalue weighted by Gasteiger charge is 2.37. The summed E-state index contributed by atoms with van der Waals surface area (Å²) in [5.41, 5.74) is 2.10. The molecule has 1 aromatic heterocycles. The molecule has 2 aromatic rings. The molecule has 2 N–H and O–H groups in total. The SMILES string of the molecule is N#Cc1nccc(C2(NC(=O)Nc3ccc(N4CCN(C5CC5)CC4)cc3)CCCCC2)n1. The smallest absolute Gasteiger partial charge is 0.319 e. The number of nitrogens with zero attached hydrogens (tertiary/aromatic N) is 5. The first-order valence-corrected chi connectivity index (χ1v) is 12.1. The zero-order valence-electron chi connectivity index (χ0n) is 19.0. The first kappa shape index (κ1) is 21.7. The summed E-state index contributed by atoms with van der Waals surface area (Å²) in [5.74, 6) is 0.133. The summed E-state index contributed by atoms with van der Waals surface area (Å²) in [4.78, 5) is 26.4. The van der Waals surface area contributed by atoms with Crippen LogP contribution in [0.25, 0.3) is 0 Å². The molecule has 8 heteroatoms. The van der Waals surface area contributed by atoms with E-state index in [9.17, 15) is 10.1 Å². The minimum absolute atomic E-state index is 0.133. The molecule has 0 atom stereocenters. The molecule has 8 nitrogen and oxygen atoms in total. The monoisotopic (exact) mass is 445 g/mol. The average molecular weight is 446 g/mol. The Kier molecular flexibility index (Phi) is 6.14. The minimum Gasteiger partial charge on any atom is -0.369 e. The van der Waals surface area contributed by atoms with Crippen LogP contribution in [0.1, 0.15) is 56.5 Å². The summed E-state index contributed by atoms with van der Waals surface area (Å²) in [5, 5.41) is 15.4. The molecule has 2 heterocycles. The van der Waals surface area contributed by atoms with Crippen molar-refractivity contribution in [3.8, 4) is 6.07 Å². The number of amides is 2. The lowest BCUT2D eigenvalue weighted by molar-refractivity contribution is 0.209. The van der Waals surface area contributed by atoms with Crippen LogP contribution in [0.5, 0.6) is 0 Å². The number of nitrogens with one attached hydrogen (secondary N) is 2. The van der Waals surface area contributed by atoms with Gasteiger partial charge >= 0.3 is 6.03 Å². The molecule has 0 bridgehead atoms. The highest BCUT2D eigenvalue weighted by molar-refractivity contribution is 5.90. The number of anilines is 2. The van der Waals surface area contributed by atoms with Gasteiger partial charge in [-0.25, -0.2) is 14.8 Å². The number of rotatable bonds is 5. The fraction of sp³-hybridized carbons (Fsp3) is 0.520. The van der Waals surface area contributed by atoms with Crippen LogP contribution in [0, 0.1) is 11.3 Å². The Morgan fingerprint density at radius 3 is 2.42 bits per heavy atom. The second-order valence-corrected chi connectivity index (χ2v) is 9.40. The lowest BCUT2D eigenvalue weighted by Gasteiger charge is -2.37. The molecule has 0 spiro atoms. The van der Waals surface area contributed by atoms with E-state index in [0.29, 0.717) is 5.69 Å². The number of benzene rings is 1. The third-order valence-electron chi connectivity index (χ3n) is 7.17. The predicted molar refractivity (Wildman–Crippen MR) is 127 cm³/mol. The number of carbonyl (C=O) groups is 1. The number of hydrogen-bond donors (Lipinski definition) is 2. The maximum absolute atomic E-state index is 13.0. The molecule has 1 aromatic carbocycles. The zero-order valence-corrected chi connectivity index (χ0v) is 19.0. The van der Waals surface area contributed by atoms with Gasteiger partial charge in [-0.1, -0.05) is 19.3 Å². The van der Waals surface area contributed by atoms with Crippen molar-refractivity contribution in [3.63, 3.8) is 0 Å². The summed E-state index contributed by atoms with van der Waals surface area (Å²) < 4.78 is 0. The molecule has 1 saturated heterocycles. The third-order valence-corrected chi connectivity index (χ3v) is 7.17. The molecule has 172 valence electrons. The van der Waals surface area contributed by atoms with Crippen molar-refractivity contribution in [3.05, 3.63) is 48.0 Å². The number of urea groups is 1. The van der Waals surface area contributed by atoms with E-state index >= 15 is 0 Å². The van der Waals surface area contributed by atoms with Crippen LogP contribution < -0.4 is 15.5 Å². The Labute approximate surface area is 195 Å². The Hall–Kier alpha value is -3.18. The number of carbonyl (C=O) groups excluding carboxylic acids is 1. The average Bonchev–Trinajstić information content (AvgIpc) is 3.71. The van der Waals surface area contributed by atoms with Crippen molar-refractivity contribution in [1.29, 1.82) is 5.26 Å². The fourth-order valence-electron chi connectivity index (χ4n) is 5.20. The maximum atomic E-state index is 13.0. The predicted octanol–water partition coefficient (Wildman–Crippen LogP) is 3.61. The van der Waals surface area contributed by atoms with E-state index in [1.165, 1.54) is 18.5 Å². The number of aromatic nitrogens is 2. The van der Waals surface area contributed by atoms with Gasteiger partial charge in [-0.15, -0.1) is 0 Å². The molecular weight excluding hydrogens is 414 g/mol. The summed E-state index contributed by atoms with van der Waals surface area (Å²) >= 11 is 0. The van der Waals surface area contributed by atoms with Crippen LogP contribution in [0.15, 0.2) is 36.5 Å². The van der Waals surface area contributed by atoms with Crippen molar-refractivity contribution in [2.45, 2.75) is 56.5 Å². The molecule has 2 saturated carbocycles. The molecule has 2 aliphatic carbocycles. The third kappa shape index (κ3) is 4.93. The first-order chi connectivity index (χ1) is 16.1. The van der Waals surface area contributed by atoms with Gasteiger partial charge in [0.25, 0.3) is 0 Å². The normalized spacial score (nSPS) is 20.6. The van der Waals surface area contributed by atoms with E-state index in [1.54, 1.807) is 6.20 Å². The topological polar surface area (TPSA) is 97.2 Å². The van der Waals surface area contributed by atoms with Crippen molar-refractivity contribution < 1.29 is 4.79 Å². The fourth-order valence-corrected chi connectivity index (χ4v) is 5.20. The number of hydrogen-bond acceptors (Lipinski definition) is 6. The molecular formula is C25H31N7O. The van der Waals surface area contributed by atoms with Crippen LogP contribution in [-0.2, 0) is 5.54 Å². The van der Waals surface area contributed by atoms with Crippen LogP contribution in [0.3, 0.4) is 0 Å². The van der Waals surface area contributed by atoms with Crippen molar-refractivity contribution in [2.75, 3.05) is 36.4 Å². The minimum atomic E-state index is -0.571. The van der Waals surface area contributed by atoms with Gasteiger partial charge in [0.15, 0.2) is 0 Å². The maximum Gasteiger partial charge on any atom is 0.319 e. The summed E-state index contributed by atoms with van der Waals surface area (Å²) in [6.45, 7) is 4.36. The van der Waals surface area contributed by atoms with Crippen LogP contribution >= 0.6 is 0 Å². The first-order valence-electron chi connectivity index (χ1n) is 12.1. The van der Waals surface area contributed by atoms with Gasteiger partial charge in [0.1, 0.15) is 6.07 Å². The molecule has 3 aliphatic rings. The Morgan fingerprint density at radius 1 is 1.03 bits per heavy atom. The number of nitriles is 1. The van der Waals surface area contributed by atoms with Gasteiger partial charge < -0.3 is 15.5 Å². The molecule has 2 amide bonds. The highest BCUT2D eigenvalue weighted by Crippen LogP contribution is 2.36. The highest BCUT2D eigenvalue weighted by atomic mass is 16.2. The standard InChI is InChI=1S/C25H31N7O/c26-18-23-27-13-10-22(29-23)25(11-2-1-3-12-25)30-24(33)28-19-4-6-20(7-5-19)31-14-16-32(17-15-31)21-8-9-21/h4-7,10,13,21H,1-3,8-9,11-12,14-17H2,(H2,28,30,33). The van der Waals surface area contributed by atoms with E-state index in [4.69, 9.17) is 0 Å². The van der Waals surface area contributed by atoms with E-state index in [0.717, 1.165) is 70.0 Å².